The standard InChI is InChI=1S/C14H12ClN3S2/c15-8-3-4-9-14(18-20-17-9)12(8)10-5-6-11(19-10)13(16)7-1-2-7/h3-7,13H,1-2,16H2. The Morgan fingerprint density at radius 1 is 1.20 bits per heavy atom. The molecular weight excluding hydrogens is 310 g/mol. The molecule has 20 heavy (non-hydrogen) atoms. The van der Waals surface area contributed by atoms with Crippen molar-refractivity contribution in [2.24, 2.45) is 11.7 Å². The van der Waals surface area contributed by atoms with Crippen LogP contribution < -0.4 is 5.73 Å². The van der Waals surface area contributed by atoms with Crippen LogP contribution in [0.15, 0.2) is 24.3 Å². The van der Waals surface area contributed by atoms with E-state index >= 15 is 0 Å². The molecule has 0 aliphatic heterocycles. The highest BCUT2D eigenvalue weighted by Crippen LogP contribution is 2.44. The number of aromatic nitrogens is 2. The fraction of sp³-hybridized carbons (Fsp3) is 0.286. The van der Waals surface area contributed by atoms with Crippen LogP contribution in [0.25, 0.3) is 21.5 Å². The first-order valence-electron chi connectivity index (χ1n) is 6.50. The Labute approximate surface area is 129 Å². The van der Waals surface area contributed by atoms with Crippen LogP contribution in [0, 0.1) is 5.92 Å². The molecule has 1 fully saturated rings. The summed E-state index contributed by atoms with van der Waals surface area (Å²) in [5.74, 6) is 0.661. The number of nitrogens with two attached hydrogens (primary N) is 1. The Balaban J connectivity index is 1.82. The number of rotatable bonds is 3. The predicted molar refractivity (Wildman–Crippen MR) is 85.4 cm³/mol. The number of benzene rings is 1. The lowest BCUT2D eigenvalue weighted by Crippen LogP contribution is -2.10. The molecule has 1 unspecified atom stereocenters. The third-order valence-corrected chi connectivity index (χ3v) is 5.77. The molecule has 2 N–H and O–H groups in total. The van der Waals surface area contributed by atoms with Gasteiger partial charge in [-0.25, -0.2) is 0 Å². The Morgan fingerprint density at radius 2 is 2.05 bits per heavy atom. The molecule has 0 radical (unpaired) electrons. The molecule has 1 aromatic carbocycles. The maximum atomic E-state index is 6.37. The molecule has 1 aliphatic carbocycles. The first-order chi connectivity index (χ1) is 9.74. The van der Waals surface area contributed by atoms with Crippen LogP contribution in [0.5, 0.6) is 0 Å². The van der Waals surface area contributed by atoms with E-state index in [4.69, 9.17) is 17.3 Å². The van der Waals surface area contributed by atoms with E-state index in [-0.39, 0.29) is 6.04 Å². The van der Waals surface area contributed by atoms with Gasteiger partial charge in [-0.05, 0) is 43.0 Å². The van der Waals surface area contributed by atoms with Crippen molar-refractivity contribution >= 4 is 45.7 Å². The van der Waals surface area contributed by atoms with Gasteiger partial charge in [-0.1, -0.05) is 11.6 Å². The highest BCUT2D eigenvalue weighted by atomic mass is 35.5. The van der Waals surface area contributed by atoms with Crippen molar-refractivity contribution in [2.75, 3.05) is 0 Å². The van der Waals surface area contributed by atoms with Gasteiger partial charge in [-0.3, -0.25) is 0 Å². The van der Waals surface area contributed by atoms with E-state index in [0.29, 0.717) is 5.92 Å². The molecule has 3 aromatic rings. The van der Waals surface area contributed by atoms with Gasteiger partial charge in [0, 0.05) is 21.4 Å². The van der Waals surface area contributed by atoms with E-state index in [9.17, 15) is 0 Å². The maximum absolute atomic E-state index is 6.37. The molecule has 2 aromatic heterocycles. The molecule has 6 heteroatoms. The van der Waals surface area contributed by atoms with Gasteiger partial charge in [-0.15, -0.1) is 11.3 Å². The number of fused-ring (bicyclic) bond motifs is 1. The second kappa shape index (κ2) is 4.77. The fourth-order valence-corrected chi connectivity index (χ4v) is 4.43. The van der Waals surface area contributed by atoms with E-state index in [1.54, 1.807) is 11.3 Å². The van der Waals surface area contributed by atoms with Crippen molar-refractivity contribution in [3.8, 4) is 10.4 Å². The van der Waals surface area contributed by atoms with E-state index in [1.165, 1.54) is 29.4 Å². The van der Waals surface area contributed by atoms with Gasteiger partial charge >= 0.3 is 0 Å². The average Bonchev–Trinajstić information content (AvgIpc) is 2.99. The SMILES string of the molecule is NC(c1ccc(-c2c(Cl)ccc3nsnc23)s1)C1CC1. The summed E-state index contributed by atoms with van der Waals surface area (Å²) in [7, 11) is 0. The fourth-order valence-electron chi connectivity index (χ4n) is 2.42. The van der Waals surface area contributed by atoms with Crippen LogP contribution in [0.4, 0.5) is 0 Å². The first-order valence-corrected chi connectivity index (χ1v) is 8.43. The van der Waals surface area contributed by atoms with Gasteiger partial charge in [0.05, 0.1) is 16.8 Å². The molecule has 1 atom stereocenters. The van der Waals surface area contributed by atoms with Crippen LogP contribution >= 0.6 is 34.7 Å². The second-order valence-electron chi connectivity index (χ2n) is 5.12. The Bertz CT molecular complexity index is 776. The summed E-state index contributed by atoms with van der Waals surface area (Å²) in [5.41, 5.74) is 9.04. The molecule has 0 bridgehead atoms. The van der Waals surface area contributed by atoms with E-state index in [1.807, 2.05) is 12.1 Å². The molecule has 0 spiro atoms. The molecule has 4 rings (SSSR count). The van der Waals surface area contributed by atoms with Crippen molar-refractivity contribution in [1.29, 1.82) is 0 Å². The van der Waals surface area contributed by atoms with Crippen molar-refractivity contribution in [1.82, 2.24) is 8.75 Å². The summed E-state index contributed by atoms with van der Waals surface area (Å²) in [6.45, 7) is 0. The van der Waals surface area contributed by atoms with Gasteiger partial charge < -0.3 is 5.73 Å². The Kier molecular flexibility index (Phi) is 3.03. The van der Waals surface area contributed by atoms with Crippen molar-refractivity contribution in [2.45, 2.75) is 18.9 Å². The molecule has 1 aliphatic rings. The summed E-state index contributed by atoms with van der Waals surface area (Å²) < 4.78 is 8.66. The highest BCUT2D eigenvalue weighted by Gasteiger charge is 2.30. The minimum Gasteiger partial charge on any atom is -0.323 e. The third kappa shape index (κ3) is 2.05. The van der Waals surface area contributed by atoms with Gasteiger partial charge in [-0.2, -0.15) is 8.75 Å². The molecule has 2 heterocycles. The van der Waals surface area contributed by atoms with Crippen LogP contribution in [0.1, 0.15) is 23.8 Å². The van der Waals surface area contributed by atoms with Crippen LogP contribution in [-0.4, -0.2) is 8.75 Å². The van der Waals surface area contributed by atoms with Gasteiger partial charge in [0.2, 0.25) is 0 Å². The number of hydrogen-bond donors (Lipinski definition) is 1. The second-order valence-corrected chi connectivity index (χ2v) is 7.17. The first kappa shape index (κ1) is 12.7. The van der Waals surface area contributed by atoms with Crippen LogP contribution in [0.2, 0.25) is 5.02 Å². The van der Waals surface area contributed by atoms with Crippen molar-refractivity contribution in [3.05, 3.63) is 34.2 Å². The zero-order chi connectivity index (χ0) is 13.7. The van der Waals surface area contributed by atoms with E-state index in [0.717, 1.165) is 26.5 Å². The zero-order valence-corrected chi connectivity index (χ0v) is 12.9. The van der Waals surface area contributed by atoms with Crippen LogP contribution in [-0.2, 0) is 0 Å². The molecule has 1 saturated carbocycles. The van der Waals surface area contributed by atoms with Crippen LogP contribution in [0.3, 0.4) is 0 Å². The van der Waals surface area contributed by atoms with Gasteiger partial charge in [0.25, 0.3) is 0 Å². The van der Waals surface area contributed by atoms with E-state index in [2.05, 4.69) is 20.9 Å². The monoisotopic (exact) mass is 321 g/mol. The molecule has 102 valence electrons. The number of thiophene rings is 1. The van der Waals surface area contributed by atoms with Crippen molar-refractivity contribution < 1.29 is 0 Å². The Morgan fingerprint density at radius 3 is 2.85 bits per heavy atom. The van der Waals surface area contributed by atoms with Gasteiger partial charge in [0.1, 0.15) is 11.0 Å². The lowest BCUT2D eigenvalue weighted by atomic mass is 10.1. The quantitative estimate of drug-likeness (QED) is 0.773. The number of halogens is 1. The molecule has 0 saturated heterocycles. The highest BCUT2D eigenvalue weighted by molar-refractivity contribution is 7.15. The summed E-state index contributed by atoms with van der Waals surface area (Å²) in [4.78, 5) is 2.36. The minimum absolute atomic E-state index is 0.167. The van der Waals surface area contributed by atoms with Gasteiger partial charge in [0.15, 0.2) is 0 Å². The lowest BCUT2D eigenvalue weighted by molar-refractivity contribution is 0.645. The smallest absolute Gasteiger partial charge is 0.114 e. The zero-order valence-electron chi connectivity index (χ0n) is 10.5. The molecule has 3 nitrogen and oxygen atoms in total. The van der Waals surface area contributed by atoms with E-state index < -0.39 is 0 Å². The minimum atomic E-state index is 0.167. The summed E-state index contributed by atoms with van der Waals surface area (Å²) in [6, 6.07) is 8.19. The number of nitrogens with zero attached hydrogens (tertiary/aromatic N) is 2. The Hall–Kier alpha value is -1.01. The van der Waals surface area contributed by atoms with Crippen molar-refractivity contribution in [3.63, 3.8) is 0 Å². The topological polar surface area (TPSA) is 51.8 Å². The lowest BCUT2D eigenvalue weighted by Gasteiger charge is -2.06. The molecule has 0 amide bonds. The normalized spacial score (nSPS) is 16.7. The largest absolute Gasteiger partial charge is 0.323 e. The summed E-state index contributed by atoms with van der Waals surface area (Å²) in [5, 5.41) is 0.721. The average molecular weight is 322 g/mol. The summed E-state index contributed by atoms with van der Waals surface area (Å²) in [6.07, 6.45) is 2.50. The number of hydrogen-bond acceptors (Lipinski definition) is 5. The molecular formula is C14H12ClN3S2. The third-order valence-electron chi connectivity index (χ3n) is 3.71. The summed E-state index contributed by atoms with van der Waals surface area (Å²) >= 11 is 9.31. The predicted octanol–water partition coefficient (Wildman–Crippen LogP) is 4.48. The maximum Gasteiger partial charge on any atom is 0.114 e.